The summed E-state index contributed by atoms with van der Waals surface area (Å²) in [4.78, 5) is 12.1. The van der Waals surface area contributed by atoms with Crippen LogP contribution in [0.5, 0.6) is 0 Å². The minimum atomic E-state index is -0.00657. The third-order valence-corrected chi connectivity index (χ3v) is 4.00. The third kappa shape index (κ3) is 3.12. The molecule has 0 saturated carbocycles. The summed E-state index contributed by atoms with van der Waals surface area (Å²) in [5.74, 6) is 0.425. The molecule has 1 aliphatic rings. The van der Waals surface area contributed by atoms with E-state index in [0.717, 1.165) is 28.6 Å². The lowest BCUT2D eigenvalue weighted by molar-refractivity contribution is 0.0907. The van der Waals surface area contributed by atoms with E-state index in [2.05, 4.69) is 28.2 Å². The molecule has 0 aliphatic carbocycles. The minimum Gasteiger partial charge on any atom is -0.378 e. The molecule has 2 atom stereocenters. The topological polar surface area (TPSA) is 38.3 Å². The average molecular weight is 312 g/mol. The van der Waals surface area contributed by atoms with Crippen LogP contribution < -0.4 is 5.32 Å². The molecule has 2 unspecified atom stereocenters. The molecule has 1 fully saturated rings. The molecule has 1 amide bonds. The summed E-state index contributed by atoms with van der Waals surface area (Å²) in [7, 11) is 0. The number of aryl methyl sites for hydroxylation is 1. The number of hydrogen-bond acceptors (Lipinski definition) is 2. The number of ether oxygens (including phenoxy) is 1. The Kier molecular flexibility index (Phi) is 4.40. The largest absolute Gasteiger partial charge is 0.378 e. The molecule has 3 nitrogen and oxygen atoms in total. The van der Waals surface area contributed by atoms with Crippen LogP contribution in [0, 0.1) is 12.8 Å². The van der Waals surface area contributed by atoms with Gasteiger partial charge in [0.2, 0.25) is 0 Å². The summed E-state index contributed by atoms with van der Waals surface area (Å²) in [5, 5.41) is 3.00. The number of carbonyl (C=O) groups is 1. The van der Waals surface area contributed by atoms with E-state index in [1.165, 1.54) is 0 Å². The van der Waals surface area contributed by atoms with Gasteiger partial charge in [0.1, 0.15) is 0 Å². The fourth-order valence-corrected chi connectivity index (χ4v) is 2.56. The van der Waals surface area contributed by atoms with Crippen LogP contribution in [0.15, 0.2) is 22.7 Å². The van der Waals surface area contributed by atoms with Crippen molar-refractivity contribution in [1.29, 1.82) is 0 Å². The van der Waals surface area contributed by atoms with Gasteiger partial charge in [-0.05, 0) is 38.0 Å². The molecule has 1 saturated heterocycles. The quantitative estimate of drug-likeness (QED) is 0.932. The second-order valence-electron chi connectivity index (χ2n) is 4.79. The molecule has 1 N–H and O–H groups in total. The van der Waals surface area contributed by atoms with Gasteiger partial charge in [-0.3, -0.25) is 4.79 Å². The van der Waals surface area contributed by atoms with Crippen molar-refractivity contribution in [2.45, 2.75) is 26.4 Å². The Morgan fingerprint density at radius 1 is 1.56 bits per heavy atom. The van der Waals surface area contributed by atoms with Crippen LogP contribution in [0.4, 0.5) is 0 Å². The number of halogens is 1. The van der Waals surface area contributed by atoms with Crippen molar-refractivity contribution in [3.05, 3.63) is 33.8 Å². The molecule has 0 radical (unpaired) electrons. The maximum Gasteiger partial charge on any atom is 0.251 e. The van der Waals surface area contributed by atoms with Crippen LogP contribution in [0.2, 0.25) is 0 Å². The predicted molar refractivity (Wildman–Crippen MR) is 74.7 cm³/mol. The number of nitrogens with one attached hydrogen (secondary N) is 1. The van der Waals surface area contributed by atoms with E-state index in [-0.39, 0.29) is 12.0 Å². The van der Waals surface area contributed by atoms with Crippen LogP contribution in [0.25, 0.3) is 0 Å². The van der Waals surface area contributed by atoms with E-state index in [1.54, 1.807) is 0 Å². The lowest BCUT2D eigenvalue weighted by Crippen LogP contribution is -2.32. The number of hydrogen-bond donors (Lipinski definition) is 1. The molecular weight excluding hydrogens is 294 g/mol. The lowest BCUT2D eigenvalue weighted by Gasteiger charge is -2.15. The molecule has 1 aliphatic heterocycles. The smallest absolute Gasteiger partial charge is 0.251 e. The second kappa shape index (κ2) is 5.85. The first-order valence-electron chi connectivity index (χ1n) is 6.24. The maximum atomic E-state index is 12.1. The fourth-order valence-electron chi connectivity index (χ4n) is 2.20. The van der Waals surface area contributed by atoms with E-state index >= 15 is 0 Å². The predicted octanol–water partition coefficient (Wildman–Crippen LogP) is 2.91. The highest BCUT2D eigenvalue weighted by Gasteiger charge is 2.24. The van der Waals surface area contributed by atoms with Crippen LogP contribution in [-0.2, 0) is 4.74 Å². The van der Waals surface area contributed by atoms with Gasteiger partial charge in [0.05, 0.1) is 6.10 Å². The minimum absolute atomic E-state index is 0.00657. The number of rotatable bonds is 3. The highest BCUT2D eigenvalue weighted by Crippen LogP contribution is 2.20. The molecule has 2 rings (SSSR count). The van der Waals surface area contributed by atoms with E-state index in [0.29, 0.717) is 12.5 Å². The normalized spacial score (nSPS) is 23.1. The van der Waals surface area contributed by atoms with E-state index in [9.17, 15) is 4.79 Å². The molecule has 0 aromatic heterocycles. The van der Waals surface area contributed by atoms with Crippen molar-refractivity contribution in [1.82, 2.24) is 5.32 Å². The van der Waals surface area contributed by atoms with Crippen molar-refractivity contribution < 1.29 is 9.53 Å². The first kappa shape index (κ1) is 13.6. The zero-order valence-electron chi connectivity index (χ0n) is 10.7. The Labute approximate surface area is 116 Å². The summed E-state index contributed by atoms with van der Waals surface area (Å²) in [5.41, 5.74) is 1.72. The first-order chi connectivity index (χ1) is 8.58. The van der Waals surface area contributed by atoms with Crippen molar-refractivity contribution in [3.8, 4) is 0 Å². The molecular formula is C14H18BrNO2. The van der Waals surface area contributed by atoms with Crippen molar-refractivity contribution in [2.75, 3.05) is 13.2 Å². The summed E-state index contributed by atoms with van der Waals surface area (Å²) >= 11 is 3.39. The van der Waals surface area contributed by atoms with Gasteiger partial charge in [0.15, 0.2) is 0 Å². The Morgan fingerprint density at radius 3 is 3.00 bits per heavy atom. The van der Waals surface area contributed by atoms with Gasteiger partial charge < -0.3 is 10.1 Å². The fraction of sp³-hybridized carbons (Fsp3) is 0.500. The molecule has 1 aromatic rings. The molecule has 18 heavy (non-hydrogen) atoms. The van der Waals surface area contributed by atoms with Crippen LogP contribution in [-0.4, -0.2) is 25.2 Å². The standard InChI is InChI=1S/C14H18BrNO2/c1-9-3-4-12(15)7-13(9)14(17)16-8-11-5-6-18-10(11)2/h3-4,7,10-11H,5-6,8H2,1-2H3,(H,16,17). The van der Waals surface area contributed by atoms with Crippen molar-refractivity contribution >= 4 is 21.8 Å². The van der Waals surface area contributed by atoms with Crippen LogP contribution in [0.1, 0.15) is 29.3 Å². The summed E-state index contributed by atoms with van der Waals surface area (Å²) < 4.78 is 6.41. The summed E-state index contributed by atoms with van der Waals surface area (Å²) in [6.07, 6.45) is 1.27. The number of carbonyl (C=O) groups excluding carboxylic acids is 1. The van der Waals surface area contributed by atoms with E-state index in [1.807, 2.05) is 25.1 Å². The Morgan fingerprint density at radius 2 is 2.33 bits per heavy atom. The average Bonchev–Trinajstić information content (AvgIpc) is 2.75. The first-order valence-corrected chi connectivity index (χ1v) is 7.03. The highest BCUT2D eigenvalue weighted by molar-refractivity contribution is 9.10. The van der Waals surface area contributed by atoms with E-state index < -0.39 is 0 Å². The van der Waals surface area contributed by atoms with Gasteiger partial charge in [-0.15, -0.1) is 0 Å². The lowest BCUT2D eigenvalue weighted by atomic mass is 10.0. The molecule has 1 heterocycles. The third-order valence-electron chi connectivity index (χ3n) is 3.50. The van der Waals surface area contributed by atoms with Gasteiger partial charge in [0.25, 0.3) is 5.91 Å². The second-order valence-corrected chi connectivity index (χ2v) is 5.71. The Balaban J connectivity index is 1.97. The zero-order chi connectivity index (χ0) is 13.1. The van der Waals surface area contributed by atoms with Crippen LogP contribution in [0.3, 0.4) is 0 Å². The number of amides is 1. The molecule has 98 valence electrons. The molecule has 0 spiro atoms. The van der Waals surface area contributed by atoms with Crippen molar-refractivity contribution in [3.63, 3.8) is 0 Å². The Bertz CT molecular complexity index is 447. The number of benzene rings is 1. The maximum absolute atomic E-state index is 12.1. The van der Waals surface area contributed by atoms with E-state index in [4.69, 9.17) is 4.74 Å². The van der Waals surface area contributed by atoms with Gasteiger partial charge in [-0.25, -0.2) is 0 Å². The van der Waals surface area contributed by atoms with Crippen molar-refractivity contribution in [2.24, 2.45) is 5.92 Å². The summed E-state index contributed by atoms with van der Waals surface area (Å²) in [6.45, 7) is 5.50. The SMILES string of the molecule is Cc1ccc(Br)cc1C(=O)NCC1CCOC1C. The molecule has 1 aromatic carbocycles. The monoisotopic (exact) mass is 311 g/mol. The van der Waals surface area contributed by atoms with Crippen LogP contribution >= 0.6 is 15.9 Å². The summed E-state index contributed by atoms with van der Waals surface area (Å²) in [6, 6.07) is 5.75. The van der Waals surface area contributed by atoms with Gasteiger partial charge in [0, 0.05) is 29.1 Å². The highest BCUT2D eigenvalue weighted by atomic mass is 79.9. The molecule has 0 bridgehead atoms. The van der Waals surface area contributed by atoms with Gasteiger partial charge in [-0.2, -0.15) is 0 Å². The van der Waals surface area contributed by atoms with Gasteiger partial charge in [-0.1, -0.05) is 22.0 Å². The molecule has 4 heteroatoms. The van der Waals surface area contributed by atoms with Gasteiger partial charge >= 0.3 is 0 Å². The zero-order valence-corrected chi connectivity index (χ0v) is 12.3. The Hall–Kier alpha value is -0.870.